The van der Waals surface area contributed by atoms with Crippen LogP contribution in [0.3, 0.4) is 0 Å². The molecule has 21 nitrogen and oxygen atoms in total. The number of hydrogen-bond donors (Lipinski definition) is 3. The van der Waals surface area contributed by atoms with Crippen molar-refractivity contribution >= 4 is 54.4 Å². The fourth-order valence-electron chi connectivity index (χ4n) is 7.48. The van der Waals surface area contributed by atoms with Crippen molar-refractivity contribution in [1.29, 1.82) is 0 Å². The van der Waals surface area contributed by atoms with Gasteiger partial charge in [0.25, 0.3) is 6.47 Å². The monoisotopic (exact) mass is 1320 g/mol. The molecule has 3 N–H and O–H groups in total. The first-order valence-corrected chi connectivity index (χ1v) is 24.4. The zero-order valence-electron chi connectivity index (χ0n) is 47.8. The zero-order chi connectivity index (χ0) is 55.7. The van der Waals surface area contributed by atoms with Crippen LogP contribution >= 0.6 is 11.6 Å². The summed E-state index contributed by atoms with van der Waals surface area (Å²) in [7, 11) is 6.56. The molecule has 0 aromatic heterocycles. The standard InChI is InChI=1S/C25H38N2O7.C14H20ClNO3.C11H19NO4.CH2O3.2Cs.H/c1-17(16-19-12-8-9-13-20(19)31-7)27(6)23(30)33-18(2)32-21(28)25(14-10-11-15-25)26-22(29)34-24(3,4)5;1-10(16(3)14(17)19-11(2)15)9-12-7-5-6-8-13(12)18-4;1-10(2,3)16-9(15)12-11(8(13)14)6-4-5-7-11;2-1-4-3;;;/h8-9,12-13,17-18H,10-11,14-16H2,1-7H3,(H,26,29);5-8,10-11H,9H2,1-4H3;4-7H2,1-3H3,(H,12,15)(H,13,14);1,3H;;;/q;;;;2*+1;-1/p-1. The number of para-hydroxylation sites is 2. The Labute approximate surface area is 566 Å². The maximum absolute atomic E-state index is 13.0. The Morgan fingerprint density at radius 1 is 0.680 bits per heavy atom. The van der Waals surface area contributed by atoms with Crippen molar-refractivity contribution < 1.29 is 221 Å². The van der Waals surface area contributed by atoms with E-state index < -0.39 is 70.4 Å². The van der Waals surface area contributed by atoms with Crippen molar-refractivity contribution in [2.75, 3.05) is 28.3 Å². The molecule has 2 aromatic rings. The number of halogens is 1. The number of carbonyl (C=O) groups is 7. The quantitative estimate of drug-likeness (QED) is 0.0414. The molecule has 24 heteroatoms. The Balaban J connectivity index is -0.00000108. The first-order valence-electron chi connectivity index (χ1n) is 23.9. The molecule has 414 valence electrons. The van der Waals surface area contributed by atoms with Gasteiger partial charge in [-0.3, -0.25) is 4.79 Å². The van der Waals surface area contributed by atoms with E-state index in [0.29, 0.717) is 38.5 Å². The minimum absolute atomic E-state index is 0. The molecule has 2 aliphatic rings. The number of methoxy groups -OCH3 is 2. The second-order valence-electron chi connectivity index (χ2n) is 19.6. The van der Waals surface area contributed by atoms with Crippen LogP contribution < -0.4 is 163 Å². The van der Waals surface area contributed by atoms with Gasteiger partial charge in [0.05, 0.1) is 14.2 Å². The normalized spacial score (nSPS) is 15.4. The van der Waals surface area contributed by atoms with Gasteiger partial charge < -0.3 is 70.3 Å². The van der Waals surface area contributed by atoms with Gasteiger partial charge in [-0.25, -0.2) is 28.8 Å². The molecule has 0 heterocycles. The van der Waals surface area contributed by atoms with Crippen LogP contribution in [0, 0.1) is 0 Å². The third-order valence-electron chi connectivity index (χ3n) is 11.4. The number of rotatable bonds is 16. The van der Waals surface area contributed by atoms with E-state index in [1.807, 2.05) is 62.4 Å². The minimum atomic E-state index is -1.19. The summed E-state index contributed by atoms with van der Waals surface area (Å²) in [4.78, 5) is 86.6. The van der Waals surface area contributed by atoms with E-state index in [0.717, 1.165) is 48.3 Å². The Bertz CT molecular complexity index is 2080. The van der Waals surface area contributed by atoms with E-state index in [-0.39, 0.29) is 158 Å². The van der Waals surface area contributed by atoms with Crippen molar-refractivity contribution in [3.8, 4) is 11.5 Å². The third kappa shape index (κ3) is 28.6. The van der Waals surface area contributed by atoms with Crippen LogP contribution in [0.25, 0.3) is 0 Å². The number of aliphatic carboxylic acids is 1. The van der Waals surface area contributed by atoms with E-state index in [1.165, 1.54) is 16.7 Å². The molecule has 0 bridgehead atoms. The van der Waals surface area contributed by atoms with Gasteiger partial charge in [0.2, 0.25) is 6.29 Å². The summed E-state index contributed by atoms with van der Waals surface area (Å²) < 4.78 is 36.8. The zero-order valence-corrected chi connectivity index (χ0v) is 60.1. The number of alkyl halides is 1. The van der Waals surface area contributed by atoms with E-state index in [1.54, 1.807) is 76.8 Å². The molecular weight excluding hydrogens is 1240 g/mol. The van der Waals surface area contributed by atoms with Crippen LogP contribution in [0.5, 0.6) is 11.5 Å². The smallest absolute Gasteiger partial charge is 1.00 e. The van der Waals surface area contributed by atoms with Gasteiger partial charge in [-0.2, -0.15) is 0 Å². The van der Waals surface area contributed by atoms with Crippen molar-refractivity contribution in [3.05, 3.63) is 59.7 Å². The summed E-state index contributed by atoms with van der Waals surface area (Å²) in [5, 5.41) is 22.7. The fraction of sp³-hybridized carbons (Fsp3) is 0.627. The Morgan fingerprint density at radius 3 is 1.36 bits per heavy atom. The molecule has 2 saturated carbocycles. The van der Waals surface area contributed by atoms with E-state index >= 15 is 0 Å². The number of alkyl carbamates (subject to hydrolysis) is 2. The average molecular weight is 1320 g/mol. The van der Waals surface area contributed by atoms with Crippen molar-refractivity contribution in [1.82, 2.24) is 20.4 Å². The summed E-state index contributed by atoms with van der Waals surface area (Å²) in [6.07, 6.45) is 2.73. The maximum Gasteiger partial charge on any atom is 1.00 e. The van der Waals surface area contributed by atoms with E-state index in [9.17, 15) is 28.8 Å². The first kappa shape index (κ1) is 75.0. The number of ether oxygens (including phenoxy) is 7. The molecule has 2 aliphatic carbocycles. The molecule has 75 heavy (non-hydrogen) atoms. The summed E-state index contributed by atoms with van der Waals surface area (Å²) in [6, 6.07) is 15.2. The van der Waals surface area contributed by atoms with Crippen LogP contribution in [-0.2, 0) is 55.8 Å². The van der Waals surface area contributed by atoms with Gasteiger partial charge in [-0.15, -0.1) is 0 Å². The van der Waals surface area contributed by atoms with Gasteiger partial charge >= 0.3 is 174 Å². The molecule has 2 aromatic carbocycles. The van der Waals surface area contributed by atoms with Gasteiger partial charge in [-0.05, 0) is 124 Å². The van der Waals surface area contributed by atoms with Crippen LogP contribution in [0.1, 0.15) is 133 Å². The molecule has 0 saturated heterocycles. The number of nitrogens with one attached hydrogen (secondary N) is 2. The minimum Gasteiger partial charge on any atom is -1.00 e. The summed E-state index contributed by atoms with van der Waals surface area (Å²) in [6.45, 7) is 17.2. The molecule has 0 spiro atoms. The SMILES string of the molecule is CC(C)(C)OC(=O)NC1(C(=O)O)CCCC1.COc1ccccc1CC(C)N(C)C(=O)OC(C)Cl.COc1ccccc1CC(C)N(C)C(=O)OC(C)OC(=O)C1(NC(=O)OC(C)(C)C)CCCC1.O=CO[O-].[Cs+].[Cs+].[H-]. The number of esters is 1. The molecule has 2 fully saturated rings. The summed E-state index contributed by atoms with van der Waals surface area (Å²) in [5.74, 6) is -0.0451. The number of carboxylic acid groups (broad SMARTS) is 1. The molecule has 4 rings (SSSR count). The van der Waals surface area contributed by atoms with Crippen LogP contribution in [0.2, 0.25) is 0 Å². The van der Waals surface area contributed by atoms with Crippen LogP contribution in [0.4, 0.5) is 19.2 Å². The van der Waals surface area contributed by atoms with Crippen LogP contribution in [-0.4, -0.2) is 132 Å². The van der Waals surface area contributed by atoms with Gasteiger partial charge in [0.1, 0.15) is 33.8 Å². The van der Waals surface area contributed by atoms with Crippen molar-refractivity contribution in [2.45, 2.75) is 180 Å². The summed E-state index contributed by atoms with van der Waals surface area (Å²) in [5.41, 5.74) is -2.23. The van der Waals surface area contributed by atoms with Gasteiger partial charge in [0.15, 0.2) is 5.56 Å². The Kier molecular flexibility index (Phi) is 36.9. The second-order valence-corrected chi connectivity index (χ2v) is 20.2. The Morgan fingerprint density at radius 2 is 1.03 bits per heavy atom. The van der Waals surface area contributed by atoms with Crippen LogP contribution in [0.15, 0.2) is 48.5 Å². The maximum atomic E-state index is 13.0. The predicted octanol–water partition coefficient (Wildman–Crippen LogP) is 2.16. The molecule has 4 unspecified atom stereocenters. The van der Waals surface area contributed by atoms with Crippen molar-refractivity contribution in [2.24, 2.45) is 0 Å². The van der Waals surface area contributed by atoms with Gasteiger partial charge in [0, 0.05) is 33.1 Å². The van der Waals surface area contributed by atoms with E-state index in [2.05, 4.69) is 15.5 Å². The predicted molar refractivity (Wildman–Crippen MR) is 269 cm³/mol. The van der Waals surface area contributed by atoms with Crippen molar-refractivity contribution in [3.63, 3.8) is 0 Å². The molecule has 4 atom stereocenters. The molecule has 4 amide bonds. The fourth-order valence-corrected chi connectivity index (χ4v) is 7.55. The number of carboxylic acids is 1. The second kappa shape index (κ2) is 36.9. The number of hydrogen-bond acceptors (Lipinski definition) is 16. The Hall–Kier alpha value is -2.12. The topological polar surface area (TPSA) is 267 Å². The number of amides is 4. The largest absolute Gasteiger partial charge is 1.00 e. The average Bonchev–Trinajstić information content (AvgIpc) is 3.99. The number of benzene rings is 2. The third-order valence-corrected chi connectivity index (χ3v) is 11.4. The van der Waals surface area contributed by atoms with E-state index in [4.69, 9.17) is 59.9 Å². The number of carbonyl (C=O) groups excluding carboxylic acids is 6. The number of nitrogens with zero attached hydrogens (tertiary/aromatic N) is 2. The molecule has 0 aliphatic heterocycles. The molecule has 0 radical (unpaired) electrons. The van der Waals surface area contributed by atoms with Gasteiger partial charge in [-0.1, -0.05) is 73.7 Å². The molecular formula is C51H79ClCs2N4O17. The first-order chi connectivity index (χ1) is 34.0. The number of likely N-dealkylation sites (N-methyl/N-ethyl adjacent to an activating group) is 2. The summed E-state index contributed by atoms with van der Waals surface area (Å²) >= 11 is 5.64.